The Hall–Kier alpha value is -3.22. The molecule has 7 nitrogen and oxygen atoms in total. The van der Waals surface area contributed by atoms with Crippen molar-refractivity contribution in [2.45, 2.75) is 33.1 Å². The molecular formula is C23H27N5O2. The first kappa shape index (κ1) is 20.1. The summed E-state index contributed by atoms with van der Waals surface area (Å²) >= 11 is 0. The first-order chi connectivity index (χ1) is 14.2. The number of hydrogen-bond acceptors (Lipinski definition) is 4. The summed E-state index contributed by atoms with van der Waals surface area (Å²) in [6, 6.07) is 13.6. The average molecular weight is 406 g/mol. The quantitative estimate of drug-likeness (QED) is 0.657. The normalized spacial score (nSPS) is 14.9. The van der Waals surface area contributed by atoms with Gasteiger partial charge in [0.2, 0.25) is 5.91 Å². The highest BCUT2D eigenvalue weighted by Crippen LogP contribution is 2.25. The third-order valence-electron chi connectivity index (χ3n) is 5.50. The molecule has 3 heterocycles. The lowest BCUT2D eigenvalue weighted by atomic mass is 9.93. The number of hydrogen-bond donors (Lipinski definition) is 0. The van der Waals surface area contributed by atoms with Crippen LogP contribution in [0.25, 0.3) is 16.9 Å². The van der Waals surface area contributed by atoms with Gasteiger partial charge in [-0.15, -0.1) is 0 Å². The molecule has 1 fully saturated rings. The maximum atomic E-state index is 13.5. The smallest absolute Gasteiger partial charge is 0.272 e. The van der Waals surface area contributed by atoms with Gasteiger partial charge >= 0.3 is 0 Å². The second kappa shape index (κ2) is 7.55. The first-order valence-electron chi connectivity index (χ1n) is 10.3. The zero-order valence-corrected chi connectivity index (χ0v) is 17.9. The molecule has 0 radical (unpaired) electrons. The molecule has 2 aromatic heterocycles. The van der Waals surface area contributed by atoms with Crippen LogP contribution in [0.5, 0.6) is 0 Å². The molecule has 7 heteroatoms. The van der Waals surface area contributed by atoms with Crippen LogP contribution in [-0.2, 0) is 10.2 Å². The summed E-state index contributed by atoms with van der Waals surface area (Å²) in [6.45, 7) is 9.96. The number of piperazine rings is 1. The Morgan fingerprint density at radius 3 is 2.17 bits per heavy atom. The summed E-state index contributed by atoms with van der Waals surface area (Å²) in [5, 5.41) is 4.72. The molecule has 0 aliphatic carbocycles. The van der Waals surface area contributed by atoms with E-state index in [1.54, 1.807) is 21.2 Å². The predicted molar refractivity (Wildman–Crippen MR) is 115 cm³/mol. The number of rotatable bonds is 2. The fraction of sp³-hybridized carbons (Fsp3) is 0.391. The minimum Gasteiger partial charge on any atom is -0.339 e. The van der Waals surface area contributed by atoms with Gasteiger partial charge in [-0.3, -0.25) is 9.59 Å². The van der Waals surface area contributed by atoms with Crippen LogP contribution in [-0.4, -0.2) is 62.4 Å². The van der Waals surface area contributed by atoms with Crippen molar-refractivity contribution in [3.05, 3.63) is 53.9 Å². The second-order valence-corrected chi connectivity index (χ2v) is 8.74. The van der Waals surface area contributed by atoms with Gasteiger partial charge in [-0.25, -0.2) is 9.50 Å². The van der Waals surface area contributed by atoms with E-state index in [-0.39, 0.29) is 17.2 Å². The van der Waals surface area contributed by atoms with Gasteiger partial charge in [0, 0.05) is 50.1 Å². The third-order valence-corrected chi connectivity index (χ3v) is 5.50. The van der Waals surface area contributed by atoms with Crippen LogP contribution in [0.4, 0.5) is 0 Å². The van der Waals surface area contributed by atoms with Gasteiger partial charge in [0.1, 0.15) is 5.69 Å². The Morgan fingerprint density at radius 1 is 0.933 bits per heavy atom. The van der Waals surface area contributed by atoms with Gasteiger partial charge in [-0.2, -0.15) is 5.10 Å². The van der Waals surface area contributed by atoms with Gasteiger partial charge in [0.15, 0.2) is 5.65 Å². The van der Waals surface area contributed by atoms with E-state index in [0.29, 0.717) is 37.5 Å². The molecule has 0 spiro atoms. The highest BCUT2D eigenvalue weighted by Gasteiger charge is 2.27. The molecule has 1 aliphatic heterocycles. The maximum Gasteiger partial charge on any atom is 0.272 e. The van der Waals surface area contributed by atoms with E-state index < -0.39 is 0 Å². The van der Waals surface area contributed by atoms with Crippen molar-refractivity contribution >= 4 is 17.5 Å². The summed E-state index contributed by atoms with van der Waals surface area (Å²) < 4.78 is 1.66. The molecule has 0 N–H and O–H groups in total. The minimum absolute atomic E-state index is 0.0432. The summed E-state index contributed by atoms with van der Waals surface area (Å²) in [6.07, 6.45) is 0. The fourth-order valence-electron chi connectivity index (χ4n) is 3.64. The molecule has 1 aromatic carbocycles. The number of benzene rings is 1. The standard InChI is InChI=1S/C23H27N5O2/c1-16(29)26-10-12-27(13-11-26)22(30)19-14-18(17-8-6-5-7-9-17)24-21-15-20(23(2,3)4)25-28(19)21/h5-9,14-15H,10-13H2,1-4H3. The summed E-state index contributed by atoms with van der Waals surface area (Å²) in [5.74, 6) is -0.0481. The number of amides is 2. The van der Waals surface area contributed by atoms with Crippen LogP contribution in [0.15, 0.2) is 42.5 Å². The number of aromatic nitrogens is 3. The van der Waals surface area contributed by atoms with Gasteiger partial charge < -0.3 is 9.80 Å². The van der Waals surface area contributed by atoms with Crippen LogP contribution in [0.3, 0.4) is 0 Å². The van der Waals surface area contributed by atoms with Gasteiger partial charge in [-0.05, 0) is 6.07 Å². The molecule has 1 aliphatic rings. The van der Waals surface area contributed by atoms with Crippen LogP contribution in [0.2, 0.25) is 0 Å². The largest absolute Gasteiger partial charge is 0.339 e. The lowest BCUT2D eigenvalue weighted by Gasteiger charge is -2.34. The SMILES string of the molecule is CC(=O)N1CCN(C(=O)c2cc(-c3ccccc3)nc3cc(C(C)(C)C)nn23)CC1. The molecule has 3 aromatic rings. The Bertz CT molecular complexity index is 1090. The molecule has 0 unspecified atom stereocenters. The molecule has 2 amide bonds. The van der Waals surface area contributed by atoms with Crippen molar-refractivity contribution in [3.63, 3.8) is 0 Å². The Labute approximate surface area is 176 Å². The lowest BCUT2D eigenvalue weighted by Crippen LogP contribution is -2.50. The predicted octanol–water partition coefficient (Wildman–Crippen LogP) is 3.00. The Morgan fingerprint density at radius 2 is 1.57 bits per heavy atom. The summed E-state index contributed by atoms with van der Waals surface area (Å²) in [4.78, 5) is 33.4. The van der Waals surface area contributed by atoms with E-state index in [1.165, 1.54) is 0 Å². The molecule has 1 saturated heterocycles. The average Bonchev–Trinajstić information content (AvgIpc) is 3.18. The van der Waals surface area contributed by atoms with Crippen LogP contribution >= 0.6 is 0 Å². The number of carbonyl (C=O) groups excluding carboxylic acids is 2. The molecule has 0 saturated carbocycles. The van der Waals surface area contributed by atoms with E-state index in [0.717, 1.165) is 17.0 Å². The molecule has 0 atom stereocenters. The molecule has 0 bridgehead atoms. The molecule has 30 heavy (non-hydrogen) atoms. The molecular weight excluding hydrogens is 378 g/mol. The van der Waals surface area contributed by atoms with Crippen molar-refractivity contribution in [1.29, 1.82) is 0 Å². The lowest BCUT2D eigenvalue weighted by molar-refractivity contribution is -0.130. The van der Waals surface area contributed by atoms with E-state index in [4.69, 9.17) is 10.1 Å². The highest BCUT2D eigenvalue weighted by molar-refractivity contribution is 5.94. The summed E-state index contributed by atoms with van der Waals surface area (Å²) in [5.41, 5.74) is 3.57. The van der Waals surface area contributed by atoms with Crippen LogP contribution < -0.4 is 0 Å². The first-order valence-corrected chi connectivity index (χ1v) is 10.3. The zero-order valence-electron chi connectivity index (χ0n) is 17.9. The van der Waals surface area contributed by atoms with E-state index in [9.17, 15) is 9.59 Å². The van der Waals surface area contributed by atoms with Gasteiger partial charge in [-0.1, -0.05) is 51.1 Å². The van der Waals surface area contributed by atoms with E-state index in [1.807, 2.05) is 42.5 Å². The zero-order chi connectivity index (χ0) is 21.5. The monoisotopic (exact) mass is 405 g/mol. The Kier molecular flexibility index (Phi) is 5.05. The van der Waals surface area contributed by atoms with Crippen LogP contribution in [0, 0.1) is 0 Å². The number of carbonyl (C=O) groups is 2. The topological polar surface area (TPSA) is 70.8 Å². The van der Waals surface area contributed by atoms with Crippen molar-refractivity contribution in [2.24, 2.45) is 0 Å². The maximum absolute atomic E-state index is 13.5. The summed E-state index contributed by atoms with van der Waals surface area (Å²) in [7, 11) is 0. The second-order valence-electron chi connectivity index (χ2n) is 8.74. The molecule has 156 valence electrons. The molecule has 4 rings (SSSR count). The van der Waals surface area contributed by atoms with Crippen molar-refractivity contribution in [1.82, 2.24) is 24.4 Å². The highest BCUT2D eigenvalue weighted by atomic mass is 16.2. The van der Waals surface area contributed by atoms with E-state index >= 15 is 0 Å². The number of nitrogens with zero attached hydrogens (tertiary/aromatic N) is 5. The van der Waals surface area contributed by atoms with Crippen LogP contribution in [0.1, 0.15) is 43.9 Å². The minimum atomic E-state index is -0.159. The van der Waals surface area contributed by atoms with E-state index in [2.05, 4.69) is 20.8 Å². The van der Waals surface area contributed by atoms with Gasteiger partial charge in [0.25, 0.3) is 5.91 Å². The fourth-order valence-corrected chi connectivity index (χ4v) is 3.64. The van der Waals surface area contributed by atoms with Crippen molar-refractivity contribution in [2.75, 3.05) is 26.2 Å². The number of fused-ring (bicyclic) bond motifs is 1. The Balaban J connectivity index is 1.78. The van der Waals surface area contributed by atoms with Crippen molar-refractivity contribution < 1.29 is 9.59 Å². The third kappa shape index (κ3) is 3.79. The van der Waals surface area contributed by atoms with Gasteiger partial charge in [0.05, 0.1) is 11.4 Å². The van der Waals surface area contributed by atoms with Crippen molar-refractivity contribution in [3.8, 4) is 11.3 Å².